The number of carbonyl (C=O) groups is 1. The van der Waals surface area contributed by atoms with E-state index >= 15 is 0 Å². The molecule has 5 rings (SSSR count). The fourth-order valence-corrected chi connectivity index (χ4v) is 4.53. The first-order valence-electron chi connectivity index (χ1n) is 11.3. The molecule has 0 saturated carbocycles. The summed E-state index contributed by atoms with van der Waals surface area (Å²) in [6.45, 7) is 3.37. The molecule has 168 valence electrons. The molecule has 0 bridgehead atoms. The third-order valence-corrected chi connectivity index (χ3v) is 6.23. The van der Waals surface area contributed by atoms with Crippen molar-refractivity contribution in [2.45, 2.75) is 6.10 Å². The maximum atomic E-state index is 12.6. The van der Waals surface area contributed by atoms with Crippen LogP contribution in [0.4, 0.5) is 0 Å². The van der Waals surface area contributed by atoms with Crippen LogP contribution in [0.25, 0.3) is 11.1 Å². The molecule has 1 unspecified atom stereocenters. The average molecular weight is 442 g/mol. The summed E-state index contributed by atoms with van der Waals surface area (Å²) in [5.41, 5.74) is 5.92. The maximum Gasteiger partial charge on any atom is 0.253 e. The fourth-order valence-electron chi connectivity index (χ4n) is 4.53. The van der Waals surface area contributed by atoms with Crippen LogP contribution < -0.4 is 0 Å². The van der Waals surface area contributed by atoms with Gasteiger partial charge in [-0.05, 0) is 23.3 Å². The zero-order valence-corrected chi connectivity index (χ0v) is 18.4. The smallest absolute Gasteiger partial charge is 0.253 e. The van der Waals surface area contributed by atoms with Crippen molar-refractivity contribution in [1.82, 2.24) is 9.80 Å². The van der Waals surface area contributed by atoms with Gasteiger partial charge in [-0.15, -0.1) is 0 Å². The maximum absolute atomic E-state index is 12.6. The zero-order valence-electron chi connectivity index (χ0n) is 18.4. The Kier molecular flexibility index (Phi) is 6.19. The van der Waals surface area contributed by atoms with Gasteiger partial charge in [-0.25, -0.2) is 0 Å². The molecule has 6 nitrogen and oxygen atoms in total. The number of nitrogens with zero attached hydrogens (tertiary/aromatic N) is 3. The number of carbonyl (C=O) groups excluding carboxylic acids is 1. The average Bonchev–Trinajstić information content (AvgIpc) is 3.18. The molecule has 1 saturated heterocycles. The number of amides is 1. The molecule has 1 N–H and O–H groups in total. The molecule has 3 aromatic rings. The topological polar surface area (TPSA) is 65.4 Å². The summed E-state index contributed by atoms with van der Waals surface area (Å²) in [4.78, 5) is 22.2. The Morgan fingerprint density at radius 2 is 1.36 bits per heavy atom. The highest BCUT2D eigenvalue weighted by Crippen LogP contribution is 2.36. The first-order valence-corrected chi connectivity index (χ1v) is 11.3. The Morgan fingerprint density at radius 3 is 1.97 bits per heavy atom. The first-order chi connectivity index (χ1) is 16.2. The highest BCUT2D eigenvalue weighted by molar-refractivity contribution is 6.24. The number of aliphatic hydroxyl groups excluding tert-OH is 1. The molecule has 2 aliphatic rings. The molecule has 1 fully saturated rings. The van der Waals surface area contributed by atoms with E-state index in [0.717, 1.165) is 41.1 Å². The number of oxime groups is 1. The Labute approximate surface area is 193 Å². The van der Waals surface area contributed by atoms with E-state index in [-0.39, 0.29) is 12.5 Å². The minimum atomic E-state index is -0.655. The fraction of sp³-hybridized carbons (Fsp3) is 0.259. The number of fused-ring (bicyclic) bond motifs is 3. The lowest BCUT2D eigenvalue weighted by atomic mass is 10.1. The van der Waals surface area contributed by atoms with Crippen molar-refractivity contribution >= 4 is 11.6 Å². The molecule has 3 aromatic carbocycles. The van der Waals surface area contributed by atoms with Crippen molar-refractivity contribution in [3.8, 4) is 11.1 Å². The van der Waals surface area contributed by atoms with Gasteiger partial charge in [0, 0.05) is 49.4 Å². The van der Waals surface area contributed by atoms with E-state index in [1.165, 1.54) is 0 Å². The molecule has 0 spiro atoms. The standard InChI is InChI=1S/C27H27N3O3/c31-21(18-29-14-16-30(17-15-29)27(32)20-8-2-1-3-9-20)19-33-28-26-24-12-6-4-10-22(24)23-11-5-7-13-25(23)26/h1-13,21,31H,14-19H2. The lowest BCUT2D eigenvalue weighted by Gasteiger charge is -2.35. The Morgan fingerprint density at radius 1 is 0.818 bits per heavy atom. The monoisotopic (exact) mass is 441 g/mol. The Hall–Kier alpha value is -3.48. The van der Waals surface area contributed by atoms with Crippen molar-refractivity contribution in [3.05, 3.63) is 95.6 Å². The van der Waals surface area contributed by atoms with E-state index in [1.54, 1.807) is 0 Å². The second-order valence-electron chi connectivity index (χ2n) is 8.44. The second-order valence-corrected chi connectivity index (χ2v) is 8.44. The van der Waals surface area contributed by atoms with Crippen LogP contribution in [0, 0.1) is 0 Å². The number of hydrogen-bond donors (Lipinski definition) is 1. The van der Waals surface area contributed by atoms with Gasteiger partial charge in [-0.2, -0.15) is 0 Å². The molecule has 1 atom stereocenters. The summed E-state index contributed by atoms with van der Waals surface area (Å²) in [6, 6.07) is 25.7. The van der Waals surface area contributed by atoms with Crippen LogP contribution in [0.3, 0.4) is 0 Å². The number of aliphatic hydroxyl groups is 1. The van der Waals surface area contributed by atoms with Crippen molar-refractivity contribution < 1.29 is 14.7 Å². The normalized spacial score (nSPS) is 16.2. The largest absolute Gasteiger partial charge is 0.392 e. The Bertz CT molecular complexity index is 1110. The van der Waals surface area contributed by atoms with Gasteiger partial charge in [0.25, 0.3) is 5.91 Å². The lowest BCUT2D eigenvalue weighted by molar-refractivity contribution is 0.00953. The third-order valence-electron chi connectivity index (χ3n) is 6.23. The summed E-state index contributed by atoms with van der Waals surface area (Å²) in [6.07, 6.45) is -0.655. The van der Waals surface area contributed by atoms with Gasteiger partial charge in [0.15, 0.2) is 0 Å². The summed E-state index contributed by atoms with van der Waals surface area (Å²) < 4.78 is 0. The summed E-state index contributed by atoms with van der Waals surface area (Å²) in [5.74, 6) is 0.0621. The molecule has 6 heteroatoms. The minimum Gasteiger partial charge on any atom is -0.392 e. The number of piperazine rings is 1. The van der Waals surface area contributed by atoms with Gasteiger partial charge in [0.05, 0.1) is 0 Å². The minimum absolute atomic E-state index is 0.0621. The molecule has 33 heavy (non-hydrogen) atoms. The zero-order chi connectivity index (χ0) is 22.6. The van der Waals surface area contributed by atoms with Crippen LogP contribution in [-0.2, 0) is 4.84 Å². The number of benzene rings is 3. The quantitative estimate of drug-likeness (QED) is 0.467. The second kappa shape index (κ2) is 9.57. The van der Waals surface area contributed by atoms with Crippen molar-refractivity contribution in [3.63, 3.8) is 0 Å². The molecule has 0 radical (unpaired) electrons. The van der Waals surface area contributed by atoms with Gasteiger partial charge < -0.3 is 14.8 Å². The van der Waals surface area contributed by atoms with Crippen LogP contribution >= 0.6 is 0 Å². The molecule has 0 aromatic heterocycles. The van der Waals surface area contributed by atoms with Crippen LogP contribution in [0.5, 0.6) is 0 Å². The van der Waals surface area contributed by atoms with E-state index in [9.17, 15) is 9.90 Å². The molecular formula is C27H27N3O3. The summed E-state index contributed by atoms with van der Waals surface area (Å²) in [7, 11) is 0. The van der Waals surface area contributed by atoms with E-state index in [2.05, 4.69) is 22.2 Å². The van der Waals surface area contributed by atoms with E-state index in [4.69, 9.17) is 4.84 Å². The molecule has 1 aliphatic heterocycles. The lowest BCUT2D eigenvalue weighted by Crippen LogP contribution is -2.50. The van der Waals surface area contributed by atoms with Gasteiger partial charge in [0.1, 0.15) is 18.4 Å². The highest BCUT2D eigenvalue weighted by atomic mass is 16.6. The van der Waals surface area contributed by atoms with Crippen LogP contribution in [-0.4, -0.2) is 72.0 Å². The third kappa shape index (κ3) is 4.53. The molecular weight excluding hydrogens is 414 g/mol. The summed E-state index contributed by atoms with van der Waals surface area (Å²) >= 11 is 0. The van der Waals surface area contributed by atoms with E-state index in [1.807, 2.05) is 71.6 Å². The van der Waals surface area contributed by atoms with Crippen LogP contribution in [0.1, 0.15) is 21.5 Å². The van der Waals surface area contributed by atoms with Gasteiger partial charge in [-0.3, -0.25) is 9.69 Å². The molecule has 1 heterocycles. The number of β-amino-alcohol motifs (C(OH)–C–C–N with tert-alkyl or cyclic N) is 1. The summed E-state index contributed by atoms with van der Waals surface area (Å²) in [5, 5.41) is 14.9. The number of rotatable bonds is 6. The van der Waals surface area contributed by atoms with Crippen LogP contribution in [0.15, 0.2) is 84.0 Å². The number of hydrogen-bond acceptors (Lipinski definition) is 5. The van der Waals surface area contributed by atoms with Crippen molar-refractivity contribution in [2.24, 2.45) is 5.16 Å². The highest BCUT2D eigenvalue weighted by Gasteiger charge is 2.26. The molecule has 1 aliphatic carbocycles. The van der Waals surface area contributed by atoms with Crippen LogP contribution in [0.2, 0.25) is 0 Å². The van der Waals surface area contributed by atoms with Gasteiger partial charge in [0.2, 0.25) is 0 Å². The predicted molar refractivity (Wildman–Crippen MR) is 128 cm³/mol. The van der Waals surface area contributed by atoms with Gasteiger partial charge >= 0.3 is 0 Å². The van der Waals surface area contributed by atoms with Crippen molar-refractivity contribution in [1.29, 1.82) is 0 Å². The predicted octanol–water partition coefficient (Wildman–Crippen LogP) is 3.25. The first kappa shape index (κ1) is 21.4. The molecule has 1 amide bonds. The Balaban J connectivity index is 1.14. The van der Waals surface area contributed by atoms with Gasteiger partial charge in [-0.1, -0.05) is 71.9 Å². The van der Waals surface area contributed by atoms with E-state index in [0.29, 0.717) is 25.2 Å². The van der Waals surface area contributed by atoms with E-state index < -0.39 is 6.10 Å². The SMILES string of the molecule is O=C(c1ccccc1)N1CCN(CC(O)CON=C2c3ccccc3-c3ccccc32)CC1. The van der Waals surface area contributed by atoms with Crippen molar-refractivity contribution in [2.75, 3.05) is 39.3 Å².